The van der Waals surface area contributed by atoms with Gasteiger partial charge in [0, 0.05) is 31.9 Å². The maximum atomic E-state index is 12.9. The molecule has 2 atom stereocenters. The van der Waals surface area contributed by atoms with Gasteiger partial charge in [0.1, 0.15) is 5.69 Å². The first-order valence-electron chi connectivity index (χ1n) is 9.08. The molecule has 0 saturated carbocycles. The van der Waals surface area contributed by atoms with Crippen LogP contribution in [0.2, 0.25) is 0 Å². The molecule has 0 aromatic carbocycles. The number of nitrogens with zero attached hydrogens (tertiary/aromatic N) is 4. The third-order valence-corrected chi connectivity index (χ3v) is 4.66. The molecule has 0 aliphatic carbocycles. The highest BCUT2D eigenvalue weighted by atomic mass is 16.5. The number of morpholine rings is 1. The summed E-state index contributed by atoms with van der Waals surface area (Å²) in [7, 11) is 0. The summed E-state index contributed by atoms with van der Waals surface area (Å²) in [5.74, 6) is 0.688. The normalized spacial score (nSPS) is 25.5. The molecule has 2 saturated heterocycles. The van der Waals surface area contributed by atoms with Crippen LogP contribution in [-0.2, 0) is 4.74 Å². The Hall–Kier alpha value is -1.69. The summed E-state index contributed by atoms with van der Waals surface area (Å²) in [5.41, 5.74) is 1.35. The first kappa shape index (κ1) is 17.1. The molecule has 0 spiro atoms. The van der Waals surface area contributed by atoms with Crippen molar-refractivity contribution >= 4 is 11.9 Å². The van der Waals surface area contributed by atoms with Crippen molar-refractivity contribution in [2.75, 3.05) is 31.1 Å². The minimum absolute atomic E-state index is 0.0152. The van der Waals surface area contributed by atoms with E-state index in [4.69, 9.17) is 4.74 Å². The van der Waals surface area contributed by atoms with Gasteiger partial charge in [-0.15, -0.1) is 0 Å². The van der Waals surface area contributed by atoms with Crippen LogP contribution in [-0.4, -0.2) is 59.2 Å². The number of anilines is 1. The van der Waals surface area contributed by atoms with Crippen LogP contribution in [0.3, 0.4) is 0 Å². The van der Waals surface area contributed by atoms with E-state index in [0.29, 0.717) is 24.7 Å². The average molecular weight is 332 g/mol. The molecule has 0 unspecified atom stereocenters. The third kappa shape index (κ3) is 4.04. The highest BCUT2D eigenvalue weighted by Crippen LogP contribution is 2.19. The predicted octanol–water partition coefficient (Wildman–Crippen LogP) is 2.41. The van der Waals surface area contributed by atoms with Gasteiger partial charge in [-0.25, -0.2) is 9.97 Å². The quantitative estimate of drug-likeness (QED) is 0.832. The van der Waals surface area contributed by atoms with Crippen molar-refractivity contribution in [1.29, 1.82) is 0 Å². The molecule has 2 fully saturated rings. The van der Waals surface area contributed by atoms with Crippen LogP contribution in [0, 0.1) is 6.92 Å². The van der Waals surface area contributed by atoms with Gasteiger partial charge in [-0.3, -0.25) is 4.79 Å². The van der Waals surface area contributed by atoms with Crippen molar-refractivity contribution in [3.05, 3.63) is 17.5 Å². The fraction of sp³-hybridized carbons (Fsp3) is 0.722. The molecular formula is C18H28N4O2. The van der Waals surface area contributed by atoms with Gasteiger partial charge in [0.2, 0.25) is 5.95 Å². The largest absolute Gasteiger partial charge is 0.372 e. The lowest BCUT2D eigenvalue weighted by Gasteiger charge is -2.35. The van der Waals surface area contributed by atoms with E-state index in [1.54, 1.807) is 6.07 Å². The van der Waals surface area contributed by atoms with Crippen LogP contribution in [0.5, 0.6) is 0 Å². The summed E-state index contributed by atoms with van der Waals surface area (Å²) in [4.78, 5) is 26.2. The number of hydrogen-bond acceptors (Lipinski definition) is 5. The predicted molar refractivity (Wildman–Crippen MR) is 93.4 cm³/mol. The number of hydrogen-bond donors (Lipinski definition) is 0. The van der Waals surface area contributed by atoms with Crippen LogP contribution in [0.25, 0.3) is 0 Å². The third-order valence-electron chi connectivity index (χ3n) is 4.66. The van der Waals surface area contributed by atoms with E-state index >= 15 is 0 Å². The molecule has 3 rings (SSSR count). The summed E-state index contributed by atoms with van der Waals surface area (Å²) in [6.07, 6.45) is 4.98. The molecular weight excluding hydrogens is 304 g/mol. The second-order valence-electron chi connectivity index (χ2n) is 7.06. The Kier molecular flexibility index (Phi) is 5.33. The number of amides is 1. The highest BCUT2D eigenvalue weighted by molar-refractivity contribution is 5.92. The number of aryl methyl sites for hydroxylation is 1. The number of rotatable bonds is 2. The van der Waals surface area contributed by atoms with Gasteiger partial charge in [0.05, 0.1) is 12.2 Å². The van der Waals surface area contributed by atoms with Crippen molar-refractivity contribution in [3.8, 4) is 0 Å². The molecule has 1 aromatic rings. The molecule has 6 heteroatoms. The Bertz CT molecular complexity index is 574. The molecule has 2 aliphatic heterocycles. The second kappa shape index (κ2) is 7.47. The molecule has 132 valence electrons. The van der Waals surface area contributed by atoms with Gasteiger partial charge in [-0.1, -0.05) is 12.8 Å². The highest BCUT2D eigenvalue weighted by Gasteiger charge is 2.28. The molecule has 24 heavy (non-hydrogen) atoms. The van der Waals surface area contributed by atoms with Crippen molar-refractivity contribution in [1.82, 2.24) is 14.9 Å². The molecule has 1 aromatic heterocycles. The van der Waals surface area contributed by atoms with Crippen molar-refractivity contribution in [2.45, 2.75) is 58.7 Å². The van der Waals surface area contributed by atoms with Crippen LogP contribution >= 0.6 is 0 Å². The van der Waals surface area contributed by atoms with E-state index < -0.39 is 0 Å². The zero-order valence-corrected chi connectivity index (χ0v) is 15.0. The maximum absolute atomic E-state index is 12.9. The Morgan fingerprint density at radius 1 is 1.08 bits per heavy atom. The van der Waals surface area contributed by atoms with Gasteiger partial charge in [-0.05, 0) is 39.7 Å². The van der Waals surface area contributed by atoms with Crippen LogP contribution < -0.4 is 4.90 Å². The second-order valence-corrected chi connectivity index (χ2v) is 7.06. The summed E-state index contributed by atoms with van der Waals surface area (Å²) in [6, 6.07) is 1.80. The Morgan fingerprint density at radius 2 is 1.71 bits per heavy atom. The van der Waals surface area contributed by atoms with E-state index in [1.807, 2.05) is 25.7 Å². The van der Waals surface area contributed by atoms with E-state index in [-0.39, 0.29) is 18.1 Å². The molecule has 0 bridgehead atoms. The van der Waals surface area contributed by atoms with Gasteiger partial charge in [-0.2, -0.15) is 0 Å². The van der Waals surface area contributed by atoms with E-state index in [9.17, 15) is 4.79 Å². The SMILES string of the molecule is Cc1cc(C(=O)N2C[C@H](C)O[C@@H](C)C2)nc(N2CCCCCC2)n1. The maximum Gasteiger partial charge on any atom is 0.272 e. The van der Waals surface area contributed by atoms with Gasteiger partial charge in [0.25, 0.3) is 5.91 Å². The Balaban J connectivity index is 1.81. The number of carbonyl (C=O) groups is 1. The van der Waals surface area contributed by atoms with E-state index in [1.165, 1.54) is 25.7 Å². The van der Waals surface area contributed by atoms with Gasteiger partial charge >= 0.3 is 0 Å². The van der Waals surface area contributed by atoms with Crippen LogP contribution in [0.4, 0.5) is 5.95 Å². The molecule has 2 aliphatic rings. The van der Waals surface area contributed by atoms with Crippen molar-refractivity contribution < 1.29 is 9.53 Å². The lowest BCUT2D eigenvalue weighted by Crippen LogP contribution is -2.48. The first-order valence-corrected chi connectivity index (χ1v) is 9.08. The molecule has 3 heterocycles. The molecule has 1 amide bonds. The molecule has 0 N–H and O–H groups in total. The van der Waals surface area contributed by atoms with E-state index in [2.05, 4.69) is 14.9 Å². The van der Waals surface area contributed by atoms with Crippen LogP contribution in [0.15, 0.2) is 6.07 Å². The monoisotopic (exact) mass is 332 g/mol. The minimum atomic E-state index is -0.0152. The van der Waals surface area contributed by atoms with Crippen LogP contribution in [0.1, 0.15) is 55.7 Å². The Morgan fingerprint density at radius 3 is 2.33 bits per heavy atom. The first-order chi connectivity index (χ1) is 11.5. The zero-order chi connectivity index (χ0) is 17.1. The zero-order valence-electron chi connectivity index (χ0n) is 15.0. The smallest absolute Gasteiger partial charge is 0.272 e. The number of carbonyl (C=O) groups excluding carboxylic acids is 1. The summed E-state index contributed by atoms with van der Waals surface area (Å²) < 4.78 is 5.72. The number of ether oxygens (including phenoxy) is 1. The Labute approximate surface area is 144 Å². The lowest BCUT2D eigenvalue weighted by molar-refractivity contribution is -0.0587. The standard InChI is InChI=1S/C18H28N4O2/c1-13-10-16(17(23)22-11-14(2)24-15(3)12-22)20-18(19-13)21-8-6-4-5-7-9-21/h10,14-15H,4-9,11-12H2,1-3H3/t14-,15-/m0/s1. The molecule has 0 radical (unpaired) electrons. The average Bonchev–Trinajstić information content (AvgIpc) is 2.82. The topological polar surface area (TPSA) is 58.6 Å². The summed E-state index contributed by atoms with van der Waals surface area (Å²) in [6.45, 7) is 9.12. The van der Waals surface area contributed by atoms with Crippen molar-refractivity contribution in [2.24, 2.45) is 0 Å². The van der Waals surface area contributed by atoms with Gasteiger partial charge in [0.15, 0.2) is 0 Å². The number of aromatic nitrogens is 2. The van der Waals surface area contributed by atoms with Crippen molar-refractivity contribution in [3.63, 3.8) is 0 Å². The minimum Gasteiger partial charge on any atom is -0.372 e. The summed E-state index contributed by atoms with van der Waals surface area (Å²) >= 11 is 0. The van der Waals surface area contributed by atoms with E-state index in [0.717, 1.165) is 18.8 Å². The van der Waals surface area contributed by atoms with Gasteiger partial charge < -0.3 is 14.5 Å². The fourth-order valence-electron chi connectivity index (χ4n) is 3.58. The molecule has 6 nitrogen and oxygen atoms in total. The summed E-state index contributed by atoms with van der Waals surface area (Å²) in [5, 5.41) is 0. The lowest BCUT2D eigenvalue weighted by atomic mass is 10.2. The fourth-order valence-corrected chi connectivity index (χ4v) is 3.58.